The van der Waals surface area contributed by atoms with Crippen LogP contribution < -0.4 is 10.0 Å². The number of rotatable bonds is 3. The summed E-state index contributed by atoms with van der Waals surface area (Å²) in [6.07, 6.45) is 1.80. The summed E-state index contributed by atoms with van der Waals surface area (Å²) in [4.78, 5) is 0.416. The number of hydrogen-bond donors (Lipinski definition) is 2. The Kier molecular flexibility index (Phi) is 3.16. The first-order valence-corrected chi connectivity index (χ1v) is 6.99. The van der Waals surface area contributed by atoms with Crippen molar-refractivity contribution in [1.29, 1.82) is 0 Å². The molecule has 5 heteroatoms. The van der Waals surface area contributed by atoms with Crippen LogP contribution in [-0.4, -0.2) is 21.5 Å². The highest BCUT2D eigenvalue weighted by Gasteiger charge is 2.21. The quantitative estimate of drug-likeness (QED) is 0.838. The van der Waals surface area contributed by atoms with Crippen molar-refractivity contribution < 1.29 is 8.42 Å². The molecule has 2 N–H and O–H groups in total. The van der Waals surface area contributed by atoms with Gasteiger partial charge in [-0.2, -0.15) is 0 Å². The van der Waals surface area contributed by atoms with Gasteiger partial charge in [0.1, 0.15) is 0 Å². The molecule has 0 saturated carbocycles. The Hall–Kier alpha value is -1.07. The van der Waals surface area contributed by atoms with E-state index in [4.69, 9.17) is 0 Å². The van der Waals surface area contributed by atoms with Gasteiger partial charge in [0.15, 0.2) is 0 Å². The van der Waals surface area contributed by atoms with Crippen LogP contribution in [0.4, 0.5) is 5.69 Å². The largest absolute Gasteiger partial charge is 0.385 e. The zero-order valence-electron chi connectivity index (χ0n) is 9.29. The standard InChI is InChI=1S/C11H16N2O2S/c1-2-13-16(14,15)11-7-3-6-10-9(11)5-4-8-12-10/h3,6-7,12-13H,2,4-5,8H2,1H3. The molecule has 0 aliphatic carbocycles. The van der Waals surface area contributed by atoms with Gasteiger partial charge in [-0.15, -0.1) is 0 Å². The molecule has 0 saturated heterocycles. The van der Waals surface area contributed by atoms with Crippen LogP contribution in [-0.2, 0) is 16.4 Å². The Balaban J connectivity index is 2.49. The molecule has 0 radical (unpaired) electrons. The van der Waals surface area contributed by atoms with Gasteiger partial charge in [-0.3, -0.25) is 0 Å². The summed E-state index contributed by atoms with van der Waals surface area (Å²) in [5.74, 6) is 0. The zero-order valence-corrected chi connectivity index (χ0v) is 10.1. The van der Waals surface area contributed by atoms with Crippen molar-refractivity contribution in [1.82, 2.24) is 4.72 Å². The van der Waals surface area contributed by atoms with Crippen molar-refractivity contribution in [2.45, 2.75) is 24.7 Å². The highest BCUT2D eigenvalue weighted by atomic mass is 32.2. The monoisotopic (exact) mass is 240 g/mol. The van der Waals surface area contributed by atoms with Gasteiger partial charge < -0.3 is 5.32 Å². The summed E-state index contributed by atoms with van der Waals surface area (Å²) < 4.78 is 26.5. The number of fused-ring (bicyclic) bond motifs is 1. The summed E-state index contributed by atoms with van der Waals surface area (Å²) in [5.41, 5.74) is 1.86. The van der Waals surface area contributed by atoms with E-state index in [-0.39, 0.29) is 0 Å². The normalized spacial score (nSPS) is 15.3. The molecule has 0 unspecified atom stereocenters. The second-order valence-electron chi connectivity index (χ2n) is 3.81. The molecule has 1 aliphatic heterocycles. The fourth-order valence-corrected chi connectivity index (χ4v) is 3.33. The van der Waals surface area contributed by atoms with E-state index in [1.54, 1.807) is 19.1 Å². The van der Waals surface area contributed by atoms with Crippen molar-refractivity contribution in [2.75, 3.05) is 18.4 Å². The van der Waals surface area contributed by atoms with Crippen molar-refractivity contribution in [2.24, 2.45) is 0 Å². The van der Waals surface area contributed by atoms with Crippen molar-refractivity contribution >= 4 is 15.7 Å². The Morgan fingerprint density at radius 3 is 3.00 bits per heavy atom. The van der Waals surface area contributed by atoms with Gasteiger partial charge in [0, 0.05) is 18.8 Å². The van der Waals surface area contributed by atoms with E-state index in [2.05, 4.69) is 10.0 Å². The van der Waals surface area contributed by atoms with E-state index in [0.29, 0.717) is 11.4 Å². The fourth-order valence-electron chi connectivity index (χ4n) is 2.00. The lowest BCUT2D eigenvalue weighted by atomic mass is 10.0. The number of benzene rings is 1. The SMILES string of the molecule is CCNS(=O)(=O)c1cccc2c1CCCN2. The van der Waals surface area contributed by atoms with Crippen molar-refractivity contribution in [3.05, 3.63) is 23.8 Å². The van der Waals surface area contributed by atoms with Gasteiger partial charge in [0.25, 0.3) is 0 Å². The maximum Gasteiger partial charge on any atom is 0.240 e. The molecule has 0 atom stereocenters. The molecular formula is C11H16N2O2S. The Labute approximate surface area is 96.1 Å². The molecule has 1 aromatic rings. The second-order valence-corrected chi connectivity index (χ2v) is 5.55. The smallest absolute Gasteiger partial charge is 0.240 e. The third-order valence-electron chi connectivity index (χ3n) is 2.68. The summed E-state index contributed by atoms with van der Waals surface area (Å²) in [5, 5.41) is 3.22. The Morgan fingerprint density at radius 2 is 2.25 bits per heavy atom. The van der Waals surface area contributed by atoms with Gasteiger partial charge in [0.05, 0.1) is 4.90 Å². The lowest BCUT2D eigenvalue weighted by molar-refractivity contribution is 0.582. The second kappa shape index (κ2) is 4.43. The molecule has 4 nitrogen and oxygen atoms in total. The first-order valence-electron chi connectivity index (χ1n) is 5.50. The molecule has 0 aromatic heterocycles. The van der Waals surface area contributed by atoms with E-state index in [9.17, 15) is 8.42 Å². The lowest BCUT2D eigenvalue weighted by Crippen LogP contribution is -2.25. The third-order valence-corrected chi connectivity index (χ3v) is 4.31. The molecule has 0 fully saturated rings. The molecule has 0 spiro atoms. The first-order chi connectivity index (χ1) is 7.65. The predicted octanol–water partition coefficient (Wildman–Crippen LogP) is 1.34. The van der Waals surface area contributed by atoms with Crippen LogP contribution in [0.1, 0.15) is 18.9 Å². The Morgan fingerprint density at radius 1 is 1.44 bits per heavy atom. The van der Waals surface area contributed by atoms with Gasteiger partial charge in [-0.05, 0) is 30.5 Å². The summed E-state index contributed by atoms with van der Waals surface area (Å²) in [6, 6.07) is 5.38. The number of anilines is 1. The number of sulfonamides is 1. The highest BCUT2D eigenvalue weighted by molar-refractivity contribution is 7.89. The minimum absolute atomic E-state index is 0.416. The minimum Gasteiger partial charge on any atom is -0.385 e. The topological polar surface area (TPSA) is 58.2 Å². The molecule has 2 rings (SSSR count). The van der Waals surface area contributed by atoms with E-state index >= 15 is 0 Å². The molecular weight excluding hydrogens is 224 g/mol. The zero-order chi connectivity index (χ0) is 11.6. The molecule has 1 heterocycles. The highest BCUT2D eigenvalue weighted by Crippen LogP contribution is 2.28. The van der Waals surface area contributed by atoms with Crippen molar-refractivity contribution in [3.8, 4) is 0 Å². The first kappa shape index (κ1) is 11.4. The molecule has 88 valence electrons. The van der Waals surface area contributed by atoms with E-state index < -0.39 is 10.0 Å². The van der Waals surface area contributed by atoms with Gasteiger partial charge >= 0.3 is 0 Å². The maximum absolute atomic E-state index is 12.0. The molecule has 0 bridgehead atoms. The maximum atomic E-state index is 12.0. The summed E-state index contributed by atoms with van der Waals surface area (Å²) in [7, 11) is -3.34. The molecule has 1 aromatic carbocycles. The average molecular weight is 240 g/mol. The van der Waals surface area contributed by atoms with Crippen LogP contribution in [0.2, 0.25) is 0 Å². The molecule has 16 heavy (non-hydrogen) atoms. The molecule has 0 amide bonds. The van der Waals surface area contributed by atoms with E-state index in [1.165, 1.54) is 0 Å². The average Bonchev–Trinajstić information content (AvgIpc) is 2.28. The van der Waals surface area contributed by atoms with Crippen molar-refractivity contribution in [3.63, 3.8) is 0 Å². The minimum atomic E-state index is -3.34. The van der Waals surface area contributed by atoms with Crippen LogP contribution in [0, 0.1) is 0 Å². The van der Waals surface area contributed by atoms with Gasteiger partial charge in [-0.25, -0.2) is 13.1 Å². The third kappa shape index (κ3) is 2.05. The lowest BCUT2D eigenvalue weighted by Gasteiger charge is -2.20. The summed E-state index contributed by atoms with van der Waals surface area (Å²) in [6.45, 7) is 3.11. The van der Waals surface area contributed by atoms with E-state index in [0.717, 1.165) is 30.6 Å². The number of nitrogens with one attached hydrogen (secondary N) is 2. The number of hydrogen-bond acceptors (Lipinski definition) is 3. The van der Waals surface area contributed by atoms with Gasteiger partial charge in [0.2, 0.25) is 10.0 Å². The van der Waals surface area contributed by atoms with Crippen LogP contribution in [0.15, 0.2) is 23.1 Å². The molecule has 1 aliphatic rings. The predicted molar refractivity (Wildman–Crippen MR) is 64.1 cm³/mol. The Bertz CT molecular complexity index is 483. The van der Waals surface area contributed by atoms with Crippen LogP contribution in [0.25, 0.3) is 0 Å². The summed E-state index contributed by atoms with van der Waals surface area (Å²) >= 11 is 0. The van der Waals surface area contributed by atoms with Crippen LogP contribution >= 0.6 is 0 Å². The fraction of sp³-hybridized carbons (Fsp3) is 0.455. The van der Waals surface area contributed by atoms with Crippen LogP contribution in [0.5, 0.6) is 0 Å². The van der Waals surface area contributed by atoms with E-state index in [1.807, 2.05) is 6.07 Å². The van der Waals surface area contributed by atoms with Crippen LogP contribution in [0.3, 0.4) is 0 Å². The van der Waals surface area contributed by atoms with Gasteiger partial charge in [-0.1, -0.05) is 13.0 Å².